The van der Waals surface area contributed by atoms with E-state index in [1.807, 2.05) is 36.4 Å². The van der Waals surface area contributed by atoms with Gasteiger partial charge in [-0.2, -0.15) is 0 Å². The number of carbonyl (C=O) groups is 3. The van der Waals surface area contributed by atoms with Crippen molar-refractivity contribution in [1.29, 1.82) is 0 Å². The zero-order valence-electron chi connectivity index (χ0n) is 19.9. The predicted molar refractivity (Wildman–Crippen MR) is 137 cm³/mol. The van der Waals surface area contributed by atoms with Crippen molar-refractivity contribution in [2.45, 2.75) is 12.1 Å². The first-order valence-corrected chi connectivity index (χ1v) is 12.0. The third kappa shape index (κ3) is 4.01. The molecule has 2 aliphatic heterocycles. The van der Waals surface area contributed by atoms with Gasteiger partial charge in [0.2, 0.25) is 5.91 Å². The summed E-state index contributed by atoms with van der Waals surface area (Å²) in [5.74, 6) is -2.93. The number of para-hydroxylation sites is 2. The third-order valence-electron chi connectivity index (χ3n) is 6.66. The summed E-state index contributed by atoms with van der Waals surface area (Å²) in [7, 11) is 0. The van der Waals surface area contributed by atoms with Crippen LogP contribution in [0.25, 0.3) is 0 Å². The van der Waals surface area contributed by atoms with Crippen LogP contribution in [0, 0.1) is 11.7 Å². The number of ether oxygens (including phenoxy) is 1. The summed E-state index contributed by atoms with van der Waals surface area (Å²) in [6, 6.07) is 29.4. The molecule has 38 heavy (non-hydrogen) atoms. The molecule has 0 aromatic heterocycles. The van der Waals surface area contributed by atoms with Gasteiger partial charge in [0.1, 0.15) is 17.5 Å². The first-order chi connectivity index (χ1) is 18.5. The number of hydrogen-bond donors (Lipinski definition) is 0. The molecule has 8 heteroatoms. The number of halogens is 1. The van der Waals surface area contributed by atoms with Crippen molar-refractivity contribution >= 4 is 29.2 Å². The molecule has 2 fully saturated rings. The van der Waals surface area contributed by atoms with Gasteiger partial charge in [-0.3, -0.25) is 14.4 Å². The standard InChI is InChI=1S/C30H21FN2O5/c31-23-13-7-8-14-24(23)32-28(34)25-26(33(38-27(25)29(32)35)21-11-5-2-6-12-21)19-15-17-22(18-16-19)37-30(36)20-9-3-1-4-10-20/h1-18,25-27H/t25-,26-,27-/m1/s1. The number of esters is 1. The number of imide groups is 1. The second kappa shape index (κ2) is 9.57. The quantitative estimate of drug-likeness (QED) is 0.212. The Bertz CT molecular complexity index is 1510. The number of amides is 2. The van der Waals surface area contributed by atoms with Crippen LogP contribution in [0.2, 0.25) is 0 Å². The van der Waals surface area contributed by atoms with Crippen LogP contribution in [0.3, 0.4) is 0 Å². The van der Waals surface area contributed by atoms with Crippen LogP contribution in [-0.4, -0.2) is 23.9 Å². The van der Waals surface area contributed by atoms with Crippen LogP contribution in [-0.2, 0) is 14.4 Å². The van der Waals surface area contributed by atoms with Gasteiger partial charge in [0.05, 0.1) is 23.0 Å². The van der Waals surface area contributed by atoms with Gasteiger partial charge in [0.25, 0.3) is 5.91 Å². The summed E-state index contributed by atoms with van der Waals surface area (Å²) in [5.41, 5.74) is 1.64. The Morgan fingerprint density at radius 3 is 2.08 bits per heavy atom. The molecule has 2 aliphatic rings. The Balaban J connectivity index is 1.34. The molecule has 0 aliphatic carbocycles. The maximum atomic E-state index is 14.6. The van der Waals surface area contributed by atoms with Crippen molar-refractivity contribution in [3.63, 3.8) is 0 Å². The van der Waals surface area contributed by atoms with Crippen molar-refractivity contribution in [2.24, 2.45) is 5.92 Å². The molecular formula is C30H21FN2O5. The minimum absolute atomic E-state index is 0.103. The van der Waals surface area contributed by atoms with Gasteiger partial charge in [-0.05, 0) is 54.1 Å². The van der Waals surface area contributed by atoms with E-state index in [0.29, 0.717) is 22.6 Å². The van der Waals surface area contributed by atoms with Crippen molar-refractivity contribution < 1.29 is 28.3 Å². The highest BCUT2D eigenvalue weighted by Crippen LogP contribution is 2.48. The van der Waals surface area contributed by atoms with Gasteiger partial charge >= 0.3 is 5.97 Å². The Morgan fingerprint density at radius 1 is 0.763 bits per heavy atom. The molecule has 0 saturated carbocycles. The van der Waals surface area contributed by atoms with E-state index in [4.69, 9.17) is 9.57 Å². The first kappa shape index (κ1) is 23.6. The Kier molecular flexibility index (Phi) is 5.94. The van der Waals surface area contributed by atoms with Gasteiger partial charge in [0, 0.05) is 0 Å². The second-order valence-corrected chi connectivity index (χ2v) is 8.95. The molecule has 0 spiro atoms. The van der Waals surface area contributed by atoms with Gasteiger partial charge < -0.3 is 4.74 Å². The zero-order chi connectivity index (χ0) is 26.2. The lowest BCUT2D eigenvalue weighted by atomic mass is 9.90. The number of fused-ring (bicyclic) bond motifs is 1. The average Bonchev–Trinajstić information content (AvgIpc) is 3.46. The van der Waals surface area contributed by atoms with Crippen LogP contribution >= 0.6 is 0 Å². The average molecular weight is 509 g/mol. The van der Waals surface area contributed by atoms with E-state index in [0.717, 1.165) is 4.90 Å². The fourth-order valence-corrected chi connectivity index (χ4v) is 4.90. The molecule has 6 rings (SSSR count). The molecule has 7 nitrogen and oxygen atoms in total. The molecule has 2 heterocycles. The van der Waals surface area contributed by atoms with E-state index in [2.05, 4.69) is 0 Å². The van der Waals surface area contributed by atoms with Crippen LogP contribution in [0.4, 0.5) is 15.8 Å². The molecule has 3 atom stereocenters. The third-order valence-corrected chi connectivity index (χ3v) is 6.66. The molecule has 4 aromatic rings. The maximum absolute atomic E-state index is 14.6. The second-order valence-electron chi connectivity index (χ2n) is 8.95. The minimum Gasteiger partial charge on any atom is -0.423 e. The number of hydrogen-bond acceptors (Lipinski definition) is 6. The SMILES string of the molecule is O=C(Oc1ccc([C@@H]2[C@H]3C(=O)N(c4ccccc4F)C(=O)[C@@H]3ON2c2ccccc2)cc1)c1ccccc1. The Hall–Kier alpha value is -4.82. The molecular weight excluding hydrogens is 487 g/mol. The summed E-state index contributed by atoms with van der Waals surface area (Å²) in [6.45, 7) is 0. The van der Waals surface area contributed by atoms with Gasteiger partial charge in [-0.1, -0.05) is 60.7 Å². The molecule has 0 bridgehead atoms. The molecule has 0 unspecified atom stereocenters. The minimum atomic E-state index is -1.12. The fraction of sp³-hybridized carbons (Fsp3) is 0.100. The highest BCUT2D eigenvalue weighted by atomic mass is 19.1. The van der Waals surface area contributed by atoms with E-state index in [9.17, 15) is 18.8 Å². The summed E-state index contributed by atoms with van der Waals surface area (Å²) in [4.78, 5) is 46.4. The molecule has 0 N–H and O–H groups in total. The van der Waals surface area contributed by atoms with E-state index >= 15 is 0 Å². The number of carbonyl (C=O) groups excluding carboxylic acids is 3. The Morgan fingerprint density at radius 2 is 1.39 bits per heavy atom. The zero-order valence-corrected chi connectivity index (χ0v) is 19.9. The van der Waals surface area contributed by atoms with Crippen molar-refractivity contribution in [3.05, 3.63) is 126 Å². The predicted octanol–water partition coefficient (Wildman–Crippen LogP) is 5.10. The molecule has 4 aromatic carbocycles. The van der Waals surface area contributed by atoms with Crippen molar-refractivity contribution in [1.82, 2.24) is 0 Å². The molecule has 188 valence electrons. The summed E-state index contributed by atoms with van der Waals surface area (Å²) in [6.07, 6.45) is -1.12. The van der Waals surface area contributed by atoms with E-state index in [-0.39, 0.29) is 5.69 Å². The lowest BCUT2D eigenvalue weighted by Crippen LogP contribution is -2.37. The van der Waals surface area contributed by atoms with E-state index in [1.165, 1.54) is 18.2 Å². The summed E-state index contributed by atoms with van der Waals surface area (Å²) < 4.78 is 20.0. The van der Waals surface area contributed by atoms with Gasteiger partial charge in [-0.15, -0.1) is 0 Å². The molecule has 2 saturated heterocycles. The summed E-state index contributed by atoms with van der Waals surface area (Å²) >= 11 is 0. The van der Waals surface area contributed by atoms with Crippen LogP contribution in [0.5, 0.6) is 5.75 Å². The smallest absolute Gasteiger partial charge is 0.343 e. The first-order valence-electron chi connectivity index (χ1n) is 12.0. The number of benzene rings is 4. The topological polar surface area (TPSA) is 76.2 Å². The highest BCUT2D eigenvalue weighted by Gasteiger charge is 2.60. The largest absolute Gasteiger partial charge is 0.423 e. The monoisotopic (exact) mass is 508 g/mol. The number of rotatable bonds is 5. The van der Waals surface area contributed by atoms with Crippen LogP contribution < -0.4 is 14.7 Å². The van der Waals surface area contributed by atoms with Gasteiger partial charge in [-0.25, -0.2) is 19.1 Å². The maximum Gasteiger partial charge on any atom is 0.343 e. The van der Waals surface area contributed by atoms with E-state index in [1.54, 1.807) is 59.7 Å². The molecule has 0 radical (unpaired) electrons. The normalized spacial score (nSPS) is 20.5. The lowest BCUT2D eigenvalue weighted by molar-refractivity contribution is -0.126. The van der Waals surface area contributed by atoms with Crippen LogP contribution in [0.15, 0.2) is 109 Å². The Labute approximate surface area is 217 Å². The fourth-order valence-electron chi connectivity index (χ4n) is 4.90. The van der Waals surface area contributed by atoms with Crippen molar-refractivity contribution in [3.8, 4) is 5.75 Å². The highest BCUT2D eigenvalue weighted by molar-refractivity contribution is 6.24. The number of anilines is 2. The molecule has 2 amide bonds. The number of nitrogens with zero attached hydrogens (tertiary/aromatic N) is 2. The van der Waals surface area contributed by atoms with E-state index < -0.39 is 41.7 Å². The van der Waals surface area contributed by atoms with Crippen LogP contribution in [0.1, 0.15) is 22.0 Å². The summed E-state index contributed by atoms with van der Waals surface area (Å²) in [5, 5.41) is 1.55. The van der Waals surface area contributed by atoms with Crippen molar-refractivity contribution in [2.75, 3.05) is 9.96 Å². The lowest BCUT2D eigenvalue weighted by Gasteiger charge is -2.28. The van der Waals surface area contributed by atoms with Gasteiger partial charge in [0.15, 0.2) is 6.10 Å². The number of hydroxylamine groups is 1.